The Bertz CT molecular complexity index is 557. The van der Waals surface area contributed by atoms with Crippen LogP contribution in [-0.2, 0) is 24.7 Å². The average molecular weight is 304 g/mol. The van der Waals surface area contributed by atoms with Gasteiger partial charge in [-0.25, -0.2) is 0 Å². The largest absolute Gasteiger partial charge is 0.364 e. The molecule has 0 radical (unpaired) electrons. The van der Waals surface area contributed by atoms with Crippen molar-refractivity contribution in [3.8, 4) is 0 Å². The Morgan fingerprint density at radius 2 is 1.82 bits per heavy atom. The molecular weight excluding hydrogens is 284 g/mol. The molecule has 1 aliphatic rings. The molecule has 1 fully saturated rings. The lowest BCUT2D eigenvalue weighted by Gasteiger charge is -2.27. The molecule has 1 aromatic carbocycles. The lowest BCUT2D eigenvalue weighted by atomic mass is 9.95. The van der Waals surface area contributed by atoms with E-state index in [1.807, 2.05) is 30.3 Å². The molecule has 0 bridgehead atoms. The molecule has 1 atom stereocenters. The molecule has 1 unspecified atom stereocenters. The Morgan fingerprint density at radius 3 is 2.36 bits per heavy atom. The first-order valence-corrected chi connectivity index (χ1v) is 7.21. The first-order valence-electron chi connectivity index (χ1n) is 7.21. The summed E-state index contributed by atoms with van der Waals surface area (Å²) in [7, 11) is 1.47. The maximum absolute atomic E-state index is 12.4. The zero-order valence-electron chi connectivity index (χ0n) is 12.8. The average Bonchev–Trinajstić information content (AvgIpc) is 2.86. The molecule has 1 saturated heterocycles. The summed E-state index contributed by atoms with van der Waals surface area (Å²) in [5, 5.41) is 2.73. The highest BCUT2D eigenvalue weighted by molar-refractivity contribution is 6.01. The lowest BCUT2D eigenvalue weighted by molar-refractivity contribution is -0.144. The Hall–Kier alpha value is -2.21. The first kappa shape index (κ1) is 16.2. The molecule has 0 saturated carbocycles. The zero-order chi connectivity index (χ0) is 16.2. The number of benzene rings is 1. The topological polar surface area (TPSA) is 75.7 Å². The summed E-state index contributed by atoms with van der Waals surface area (Å²) < 4.78 is 5.39. The van der Waals surface area contributed by atoms with Crippen molar-refractivity contribution >= 4 is 17.7 Å². The number of methoxy groups -OCH3 is 1. The molecule has 6 nitrogen and oxygen atoms in total. The van der Waals surface area contributed by atoms with E-state index in [0.29, 0.717) is 0 Å². The second kappa shape index (κ2) is 6.70. The molecule has 0 aromatic heterocycles. The smallest absolute Gasteiger partial charge is 0.256 e. The van der Waals surface area contributed by atoms with E-state index in [4.69, 9.17) is 4.74 Å². The highest BCUT2D eigenvalue weighted by Crippen LogP contribution is 2.24. The molecule has 6 heteroatoms. The second-order valence-corrected chi connectivity index (χ2v) is 5.30. The van der Waals surface area contributed by atoms with Crippen molar-refractivity contribution in [1.29, 1.82) is 0 Å². The summed E-state index contributed by atoms with van der Waals surface area (Å²) in [4.78, 5) is 36.6. The number of hydrogen-bond acceptors (Lipinski definition) is 4. The summed E-state index contributed by atoms with van der Waals surface area (Å²) in [6.45, 7) is 2.09. The molecule has 1 heterocycles. The van der Waals surface area contributed by atoms with Gasteiger partial charge in [0.15, 0.2) is 5.60 Å². The molecule has 3 amide bonds. The van der Waals surface area contributed by atoms with Gasteiger partial charge in [0, 0.05) is 33.0 Å². The summed E-state index contributed by atoms with van der Waals surface area (Å²) in [5.41, 5.74) is -0.372. The van der Waals surface area contributed by atoms with Crippen LogP contribution in [-0.4, -0.2) is 42.8 Å². The number of rotatable bonds is 6. The number of amides is 3. The normalized spacial score (nSPS) is 17.5. The molecule has 1 N–H and O–H groups in total. The van der Waals surface area contributed by atoms with Crippen molar-refractivity contribution in [2.75, 3.05) is 20.2 Å². The maximum atomic E-state index is 12.4. The van der Waals surface area contributed by atoms with Crippen LogP contribution in [0.25, 0.3) is 0 Å². The zero-order valence-corrected chi connectivity index (χ0v) is 12.8. The summed E-state index contributed by atoms with van der Waals surface area (Å²) in [5.74, 6) is -0.672. The maximum Gasteiger partial charge on any atom is 0.256 e. The van der Waals surface area contributed by atoms with Crippen LogP contribution < -0.4 is 5.32 Å². The number of nitrogens with zero attached hydrogens (tertiary/aromatic N) is 1. The third-order valence-electron chi connectivity index (χ3n) is 3.94. The van der Waals surface area contributed by atoms with Gasteiger partial charge in [-0.2, -0.15) is 0 Å². The van der Waals surface area contributed by atoms with Gasteiger partial charge in [-0.1, -0.05) is 30.3 Å². The second-order valence-electron chi connectivity index (χ2n) is 5.30. The summed E-state index contributed by atoms with van der Waals surface area (Å²) in [6.07, 6.45) is 0.513. The van der Waals surface area contributed by atoms with E-state index >= 15 is 0 Å². The number of hydrogen-bond donors (Lipinski definition) is 1. The molecular formula is C16H20N2O4. The minimum absolute atomic E-state index is 0.184. The lowest BCUT2D eigenvalue weighted by Crippen LogP contribution is -2.46. The van der Waals surface area contributed by atoms with E-state index in [0.717, 1.165) is 5.56 Å². The highest BCUT2D eigenvalue weighted by atomic mass is 16.5. The van der Waals surface area contributed by atoms with E-state index in [9.17, 15) is 14.4 Å². The fraction of sp³-hybridized carbons (Fsp3) is 0.438. The van der Waals surface area contributed by atoms with Crippen molar-refractivity contribution in [2.45, 2.75) is 25.4 Å². The molecule has 1 aromatic rings. The van der Waals surface area contributed by atoms with Crippen LogP contribution in [0, 0.1) is 0 Å². The molecule has 1 aliphatic heterocycles. The fourth-order valence-electron chi connectivity index (χ4n) is 2.42. The van der Waals surface area contributed by atoms with Crippen molar-refractivity contribution in [2.24, 2.45) is 0 Å². The van der Waals surface area contributed by atoms with Crippen molar-refractivity contribution in [3.63, 3.8) is 0 Å². The highest BCUT2D eigenvalue weighted by Gasteiger charge is 2.35. The van der Waals surface area contributed by atoms with Crippen LogP contribution in [0.2, 0.25) is 0 Å². The predicted octanol–water partition coefficient (Wildman–Crippen LogP) is 0.813. The number of likely N-dealkylation sites (tertiary alicyclic amines) is 1. The van der Waals surface area contributed by atoms with Gasteiger partial charge in [-0.15, -0.1) is 0 Å². The summed E-state index contributed by atoms with van der Waals surface area (Å²) in [6, 6.07) is 9.16. The molecule has 118 valence electrons. The van der Waals surface area contributed by atoms with Crippen LogP contribution in [0.3, 0.4) is 0 Å². The quantitative estimate of drug-likeness (QED) is 0.789. The van der Waals surface area contributed by atoms with Crippen LogP contribution in [0.4, 0.5) is 0 Å². The number of carbonyl (C=O) groups excluding carboxylic acids is 3. The molecule has 22 heavy (non-hydrogen) atoms. The minimum Gasteiger partial charge on any atom is -0.364 e. The number of ether oxygens (including phenoxy) is 1. The van der Waals surface area contributed by atoms with Crippen LogP contribution in [0.15, 0.2) is 30.3 Å². The summed E-state index contributed by atoms with van der Waals surface area (Å²) >= 11 is 0. The van der Waals surface area contributed by atoms with Crippen molar-refractivity contribution < 1.29 is 19.1 Å². The van der Waals surface area contributed by atoms with Gasteiger partial charge in [0.2, 0.25) is 11.8 Å². The van der Waals surface area contributed by atoms with Gasteiger partial charge >= 0.3 is 0 Å². The Kier molecular flexibility index (Phi) is 4.92. The van der Waals surface area contributed by atoms with Crippen molar-refractivity contribution in [3.05, 3.63) is 35.9 Å². The molecule has 2 rings (SSSR count). The fourth-order valence-corrected chi connectivity index (χ4v) is 2.42. The minimum atomic E-state index is -1.11. The predicted molar refractivity (Wildman–Crippen MR) is 79.8 cm³/mol. The standard InChI is InChI=1S/C16H20N2O4/c1-16(22-2,12-6-4-3-5-7-12)15(21)17-10-11-18-13(19)8-9-14(18)20/h3-7H,8-11H2,1-2H3,(H,17,21). The third kappa shape index (κ3) is 3.17. The first-order chi connectivity index (χ1) is 10.5. The molecule has 0 spiro atoms. The van der Waals surface area contributed by atoms with Gasteiger partial charge in [0.1, 0.15) is 0 Å². The van der Waals surface area contributed by atoms with Gasteiger partial charge in [0.25, 0.3) is 5.91 Å². The van der Waals surface area contributed by atoms with Crippen LogP contribution >= 0.6 is 0 Å². The number of imide groups is 1. The Morgan fingerprint density at radius 1 is 1.23 bits per heavy atom. The van der Waals surface area contributed by atoms with Gasteiger partial charge in [-0.3, -0.25) is 19.3 Å². The van der Waals surface area contributed by atoms with E-state index in [1.54, 1.807) is 6.92 Å². The van der Waals surface area contributed by atoms with Crippen molar-refractivity contribution in [1.82, 2.24) is 10.2 Å². The third-order valence-corrected chi connectivity index (χ3v) is 3.94. The van der Waals surface area contributed by atoms with Crippen LogP contribution in [0.1, 0.15) is 25.3 Å². The Labute approximate surface area is 129 Å². The number of nitrogens with one attached hydrogen (secondary N) is 1. The van der Waals surface area contributed by atoms with Crippen LogP contribution in [0.5, 0.6) is 0 Å². The van der Waals surface area contributed by atoms with E-state index in [2.05, 4.69) is 5.32 Å². The van der Waals surface area contributed by atoms with Gasteiger partial charge < -0.3 is 10.1 Å². The van der Waals surface area contributed by atoms with E-state index in [-0.39, 0.29) is 43.7 Å². The van der Waals surface area contributed by atoms with E-state index < -0.39 is 5.60 Å². The number of carbonyl (C=O) groups is 3. The monoisotopic (exact) mass is 304 g/mol. The van der Waals surface area contributed by atoms with Gasteiger partial charge in [0.05, 0.1) is 0 Å². The SMILES string of the molecule is COC(C)(C(=O)NCCN1C(=O)CCC1=O)c1ccccc1. The Balaban J connectivity index is 1.96. The van der Waals surface area contributed by atoms with Gasteiger partial charge in [-0.05, 0) is 12.5 Å². The molecule has 0 aliphatic carbocycles. The van der Waals surface area contributed by atoms with E-state index in [1.165, 1.54) is 12.0 Å².